The topological polar surface area (TPSA) is 51.1 Å². The lowest BCUT2D eigenvalue weighted by atomic mass is 10.1. The highest BCUT2D eigenvalue weighted by atomic mass is 35.5. The van der Waals surface area contributed by atoms with Crippen molar-refractivity contribution in [1.29, 1.82) is 0 Å². The predicted molar refractivity (Wildman–Crippen MR) is 139 cm³/mol. The fraction of sp³-hybridized carbons (Fsp3) is 0.185. The van der Waals surface area contributed by atoms with Gasteiger partial charge in [-0.05, 0) is 65.6 Å². The number of thioether (sulfide) groups is 1. The Morgan fingerprint density at radius 2 is 1.68 bits per heavy atom. The number of benzene rings is 3. The molecule has 0 saturated carbocycles. The number of para-hydroxylation sites is 2. The van der Waals surface area contributed by atoms with Gasteiger partial charge in [0, 0.05) is 6.07 Å². The predicted octanol–water partition coefficient (Wildman–Crippen LogP) is 7.00. The normalized spacial score (nSPS) is 17.3. The second-order valence-corrected chi connectivity index (χ2v) is 9.25. The van der Waals surface area contributed by atoms with Crippen molar-refractivity contribution in [3.05, 3.63) is 87.3 Å². The van der Waals surface area contributed by atoms with Crippen molar-refractivity contribution < 1.29 is 14.3 Å². The number of hydrogen-bond acceptors (Lipinski definition) is 5. The highest BCUT2D eigenvalue weighted by Crippen LogP contribution is 2.42. The van der Waals surface area contributed by atoms with E-state index in [1.807, 2.05) is 42.5 Å². The van der Waals surface area contributed by atoms with Gasteiger partial charge >= 0.3 is 0 Å². The minimum absolute atomic E-state index is 0.132. The summed E-state index contributed by atoms with van der Waals surface area (Å²) in [7, 11) is 0. The van der Waals surface area contributed by atoms with E-state index in [4.69, 9.17) is 26.1 Å². The molecule has 5 rings (SSSR count). The molecule has 172 valence electrons. The number of amidine groups is 1. The summed E-state index contributed by atoms with van der Waals surface area (Å²) in [5, 5.41) is 1.11. The molecular weight excluding hydrogens is 468 g/mol. The number of rotatable bonds is 5. The summed E-state index contributed by atoms with van der Waals surface area (Å²) in [6.07, 6.45) is 3.45. The quantitative estimate of drug-likeness (QED) is 0.361. The van der Waals surface area contributed by atoms with E-state index in [1.54, 1.807) is 23.1 Å². The Kier molecular flexibility index (Phi) is 6.35. The molecule has 5 nitrogen and oxygen atoms in total. The van der Waals surface area contributed by atoms with Gasteiger partial charge in [-0.15, -0.1) is 0 Å². The van der Waals surface area contributed by atoms with Crippen molar-refractivity contribution in [2.24, 2.45) is 4.99 Å². The molecule has 0 radical (unpaired) electrons. The number of ether oxygens (including phenoxy) is 2. The van der Waals surface area contributed by atoms with E-state index in [9.17, 15) is 4.79 Å². The fourth-order valence-electron chi connectivity index (χ4n) is 4.00. The van der Waals surface area contributed by atoms with E-state index < -0.39 is 0 Å². The molecule has 0 spiro atoms. The average molecular weight is 491 g/mol. The summed E-state index contributed by atoms with van der Waals surface area (Å²) in [6.45, 7) is 4.34. The Morgan fingerprint density at radius 1 is 1.00 bits per heavy atom. The van der Waals surface area contributed by atoms with Crippen LogP contribution in [0.1, 0.15) is 30.5 Å². The lowest BCUT2D eigenvalue weighted by Gasteiger charge is -2.19. The van der Waals surface area contributed by atoms with Crippen LogP contribution in [0, 0.1) is 0 Å². The number of halogens is 1. The first-order chi connectivity index (χ1) is 16.6. The van der Waals surface area contributed by atoms with Crippen LogP contribution >= 0.6 is 23.4 Å². The summed E-state index contributed by atoms with van der Waals surface area (Å²) in [5.74, 6) is 1.09. The summed E-state index contributed by atoms with van der Waals surface area (Å²) in [5.41, 5.74) is 4.61. The fourth-order valence-corrected chi connectivity index (χ4v) is 5.18. The van der Waals surface area contributed by atoms with Crippen LogP contribution in [-0.4, -0.2) is 17.9 Å². The number of carbonyl (C=O) groups is 1. The molecule has 2 aliphatic rings. The van der Waals surface area contributed by atoms with E-state index >= 15 is 0 Å². The molecule has 1 fully saturated rings. The van der Waals surface area contributed by atoms with Crippen LogP contribution in [0.2, 0.25) is 5.02 Å². The molecular formula is C27H23ClN2O3S. The minimum atomic E-state index is -0.132. The van der Waals surface area contributed by atoms with Crippen LogP contribution in [0.3, 0.4) is 0 Å². The Hall–Kier alpha value is -3.22. The highest BCUT2D eigenvalue weighted by Gasteiger charge is 2.36. The van der Waals surface area contributed by atoms with E-state index in [0.29, 0.717) is 32.2 Å². The van der Waals surface area contributed by atoms with Gasteiger partial charge < -0.3 is 9.47 Å². The smallest absolute Gasteiger partial charge is 0.271 e. The molecule has 0 atom stereocenters. The van der Waals surface area contributed by atoms with E-state index in [2.05, 4.69) is 19.9 Å². The molecule has 0 aliphatic carbocycles. The first kappa shape index (κ1) is 22.6. The Morgan fingerprint density at radius 3 is 2.44 bits per heavy atom. The molecule has 2 heterocycles. The molecule has 0 unspecified atom stereocenters. The number of amides is 1. The van der Waals surface area contributed by atoms with Gasteiger partial charge in [0.05, 0.1) is 21.3 Å². The maximum atomic E-state index is 13.7. The van der Waals surface area contributed by atoms with Gasteiger partial charge in [-0.2, -0.15) is 0 Å². The van der Waals surface area contributed by atoms with Crippen LogP contribution in [0.5, 0.6) is 11.5 Å². The highest BCUT2D eigenvalue weighted by molar-refractivity contribution is 8.19. The van der Waals surface area contributed by atoms with Crippen LogP contribution in [0.25, 0.3) is 6.08 Å². The average Bonchev–Trinajstić information content (AvgIpc) is 3.43. The zero-order valence-electron chi connectivity index (χ0n) is 18.9. The zero-order valence-corrected chi connectivity index (χ0v) is 20.4. The number of aryl methyl sites for hydroxylation is 2. The Bertz CT molecular complexity index is 1340. The molecule has 3 aromatic carbocycles. The van der Waals surface area contributed by atoms with Crippen molar-refractivity contribution in [1.82, 2.24) is 0 Å². The van der Waals surface area contributed by atoms with Gasteiger partial charge in [0.25, 0.3) is 5.91 Å². The maximum absolute atomic E-state index is 13.7. The second kappa shape index (κ2) is 9.57. The van der Waals surface area contributed by atoms with Gasteiger partial charge in [0.15, 0.2) is 16.7 Å². The minimum Gasteiger partial charge on any atom is -0.454 e. The standard InChI is InChI=1S/C27H23ClN2O3S/c1-3-17-9-5-7-11-21(17)29-27-30(22-12-8-6-10-18(22)4-2)26(31)25(34-27)14-19-13-23-24(15-20(19)28)33-16-32-23/h5-15H,3-4,16H2,1-2H3/b25-14+,29-27?. The van der Waals surface area contributed by atoms with Crippen LogP contribution < -0.4 is 14.4 Å². The lowest BCUT2D eigenvalue weighted by molar-refractivity contribution is -0.113. The molecule has 3 aromatic rings. The first-order valence-electron chi connectivity index (χ1n) is 11.2. The van der Waals surface area contributed by atoms with Crippen molar-refractivity contribution in [3.8, 4) is 11.5 Å². The third-order valence-corrected chi connectivity index (χ3v) is 7.08. The molecule has 34 heavy (non-hydrogen) atoms. The van der Waals surface area contributed by atoms with Crippen molar-refractivity contribution in [2.75, 3.05) is 11.7 Å². The van der Waals surface area contributed by atoms with Crippen LogP contribution in [0.15, 0.2) is 70.6 Å². The summed E-state index contributed by atoms with van der Waals surface area (Å²) < 4.78 is 10.9. The number of anilines is 1. The summed E-state index contributed by atoms with van der Waals surface area (Å²) in [4.78, 5) is 20.9. The number of carbonyl (C=O) groups excluding carboxylic acids is 1. The summed E-state index contributed by atoms with van der Waals surface area (Å²) >= 11 is 7.84. The molecule has 0 aromatic heterocycles. The van der Waals surface area contributed by atoms with Gasteiger partial charge in [-0.3, -0.25) is 9.69 Å². The molecule has 1 saturated heterocycles. The number of fused-ring (bicyclic) bond motifs is 1. The van der Waals surface area contributed by atoms with E-state index in [1.165, 1.54) is 11.8 Å². The molecule has 2 aliphatic heterocycles. The zero-order chi connectivity index (χ0) is 23.7. The third-order valence-electron chi connectivity index (χ3n) is 5.79. The number of nitrogens with zero attached hydrogens (tertiary/aromatic N) is 2. The van der Waals surface area contributed by atoms with Crippen molar-refractivity contribution in [3.63, 3.8) is 0 Å². The van der Waals surface area contributed by atoms with Crippen molar-refractivity contribution in [2.45, 2.75) is 26.7 Å². The van der Waals surface area contributed by atoms with Gasteiger partial charge in [0.2, 0.25) is 6.79 Å². The van der Waals surface area contributed by atoms with Crippen LogP contribution in [-0.2, 0) is 17.6 Å². The van der Waals surface area contributed by atoms with Gasteiger partial charge in [0.1, 0.15) is 0 Å². The Labute approximate surface area is 208 Å². The second-order valence-electron chi connectivity index (χ2n) is 7.84. The summed E-state index contributed by atoms with van der Waals surface area (Å²) in [6, 6.07) is 19.5. The molecule has 7 heteroatoms. The van der Waals surface area contributed by atoms with Gasteiger partial charge in [-0.1, -0.05) is 61.8 Å². The SMILES string of the molecule is CCc1ccccc1N=C1S/C(=C/c2cc3c(cc2Cl)OCO3)C(=O)N1c1ccccc1CC. The number of aliphatic imine (C=N–C) groups is 1. The monoisotopic (exact) mass is 490 g/mol. The van der Waals surface area contributed by atoms with Crippen LogP contribution in [0.4, 0.5) is 11.4 Å². The first-order valence-corrected chi connectivity index (χ1v) is 12.4. The van der Waals surface area contributed by atoms with Gasteiger partial charge in [-0.25, -0.2) is 4.99 Å². The van der Waals surface area contributed by atoms with E-state index in [0.717, 1.165) is 35.3 Å². The largest absolute Gasteiger partial charge is 0.454 e. The molecule has 1 amide bonds. The molecule has 0 N–H and O–H groups in total. The Balaban J connectivity index is 1.62. The lowest BCUT2D eigenvalue weighted by Crippen LogP contribution is -2.29. The number of hydrogen-bond donors (Lipinski definition) is 0. The molecule has 0 bridgehead atoms. The third kappa shape index (κ3) is 4.19. The van der Waals surface area contributed by atoms with E-state index in [-0.39, 0.29) is 12.7 Å². The van der Waals surface area contributed by atoms with Crippen molar-refractivity contribution >= 4 is 51.9 Å². The maximum Gasteiger partial charge on any atom is 0.271 e.